The first kappa shape index (κ1) is 22.0. The first-order valence-corrected chi connectivity index (χ1v) is 10.6. The van der Waals surface area contributed by atoms with Gasteiger partial charge in [-0.25, -0.2) is 4.79 Å². The maximum absolute atomic E-state index is 13.2. The van der Waals surface area contributed by atoms with E-state index in [1.165, 1.54) is 0 Å². The normalized spacial score (nSPS) is 11.7. The van der Waals surface area contributed by atoms with Crippen molar-refractivity contribution in [2.75, 3.05) is 0 Å². The molecule has 1 atom stereocenters. The molecule has 0 saturated carbocycles. The van der Waals surface area contributed by atoms with E-state index in [1.807, 2.05) is 74.5 Å². The van der Waals surface area contributed by atoms with Crippen LogP contribution in [0.2, 0.25) is 0 Å². The Morgan fingerprint density at radius 3 is 2.27 bits per heavy atom. The molecule has 3 aromatic carbocycles. The van der Waals surface area contributed by atoms with Crippen LogP contribution in [0.25, 0.3) is 5.69 Å². The van der Waals surface area contributed by atoms with E-state index in [4.69, 9.17) is 0 Å². The van der Waals surface area contributed by atoms with Crippen LogP contribution in [0.5, 0.6) is 0 Å². The van der Waals surface area contributed by atoms with E-state index in [0.29, 0.717) is 5.69 Å². The van der Waals surface area contributed by atoms with Gasteiger partial charge in [0.25, 0.3) is 11.5 Å². The van der Waals surface area contributed by atoms with Gasteiger partial charge in [-0.3, -0.25) is 14.2 Å². The predicted molar refractivity (Wildman–Crippen MR) is 127 cm³/mol. The molecule has 0 aliphatic carbocycles. The van der Waals surface area contributed by atoms with Crippen LogP contribution in [0.1, 0.15) is 40.1 Å². The molecular formula is C26H24N4O3. The molecule has 7 heteroatoms. The molecule has 0 unspecified atom stereocenters. The van der Waals surface area contributed by atoms with Crippen molar-refractivity contribution in [1.82, 2.24) is 19.7 Å². The van der Waals surface area contributed by atoms with E-state index < -0.39 is 17.2 Å². The summed E-state index contributed by atoms with van der Waals surface area (Å²) < 4.78 is 2.15. The topological polar surface area (TPSA) is 86.0 Å². The van der Waals surface area contributed by atoms with Gasteiger partial charge in [-0.1, -0.05) is 78.4 Å². The van der Waals surface area contributed by atoms with Gasteiger partial charge < -0.3 is 5.32 Å². The molecular weight excluding hydrogens is 416 g/mol. The van der Waals surface area contributed by atoms with Crippen LogP contribution < -0.4 is 16.6 Å². The second-order valence-corrected chi connectivity index (χ2v) is 7.86. The van der Waals surface area contributed by atoms with Gasteiger partial charge in [0.1, 0.15) is 0 Å². The number of benzene rings is 3. The van der Waals surface area contributed by atoms with Crippen molar-refractivity contribution >= 4 is 5.91 Å². The van der Waals surface area contributed by atoms with Gasteiger partial charge in [-0.2, -0.15) is 9.78 Å². The lowest BCUT2D eigenvalue weighted by Gasteiger charge is -2.16. The third kappa shape index (κ3) is 4.82. The van der Waals surface area contributed by atoms with Gasteiger partial charge in [0, 0.05) is 0 Å². The lowest BCUT2D eigenvalue weighted by atomic mass is 10.1. The Morgan fingerprint density at radius 1 is 0.939 bits per heavy atom. The summed E-state index contributed by atoms with van der Waals surface area (Å²) in [6, 6.07) is 25.3. The first-order chi connectivity index (χ1) is 15.9. The Bertz CT molecular complexity index is 1390. The monoisotopic (exact) mass is 440 g/mol. The Kier molecular flexibility index (Phi) is 6.31. The van der Waals surface area contributed by atoms with Gasteiger partial charge in [-0.15, -0.1) is 0 Å². The molecule has 33 heavy (non-hydrogen) atoms. The van der Waals surface area contributed by atoms with E-state index in [2.05, 4.69) is 10.4 Å². The van der Waals surface area contributed by atoms with E-state index in [1.54, 1.807) is 24.3 Å². The molecule has 4 aromatic rings. The van der Waals surface area contributed by atoms with E-state index in [-0.39, 0.29) is 18.3 Å². The summed E-state index contributed by atoms with van der Waals surface area (Å²) in [6.07, 6.45) is 0. The molecule has 1 heterocycles. The summed E-state index contributed by atoms with van der Waals surface area (Å²) in [4.78, 5) is 39.6. The summed E-state index contributed by atoms with van der Waals surface area (Å²) in [5, 5.41) is 6.99. The third-order valence-electron chi connectivity index (χ3n) is 5.35. The van der Waals surface area contributed by atoms with Crippen LogP contribution in [-0.4, -0.2) is 20.3 Å². The maximum Gasteiger partial charge on any atom is 0.352 e. The quantitative estimate of drug-likeness (QED) is 0.499. The van der Waals surface area contributed by atoms with Crippen molar-refractivity contribution in [3.8, 4) is 5.69 Å². The molecule has 166 valence electrons. The Morgan fingerprint density at radius 2 is 1.61 bits per heavy atom. The summed E-state index contributed by atoms with van der Waals surface area (Å²) in [6.45, 7) is 3.79. The number of para-hydroxylation sites is 1. The van der Waals surface area contributed by atoms with Crippen molar-refractivity contribution in [3.63, 3.8) is 0 Å². The number of aromatic nitrogens is 3. The van der Waals surface area contributed by atoms with Crippen LogP contribution >= 0.6 is 0 Å². The second-order valence-electron chi connectivity index (χ2n) is 7.86. The van der Waals surface area contributed by atoms with E-state index >= 15 is 0 Å². The molecule has 0 aliphatic rings. The number of hydrogen-bond acceptors (Lipinski definition) is 4. The summed E-state index contributed by atoms with van der Waals surface area (Å²) in [5.74, 6) is -0.640. The molecule has 1 amide bonds. The van der Waals surface area contributed by atoms with Gasteiger partial charge in [0.2, 0.25) is 5.69 Å². The Hall–Kier alpha value is -4.26. The highest BCUT2D eigenvalue weighted by molar-refractivity contribution is 5.92. The van der Waals surface area contributed by atoms with E-state index in [9.17, 15) is 14.4 Å². The van der Waals surface area contributed by atoms with Crippen LogP contribution in [0.15, 0.2) is 94.5 Å². The van der Waals surface area contributed by atoms with Gasteiger partial charge in [0.15, 0.2) is 0 Å². The molecule has 0 radical (unpaired) electrons. The number of nitrogens with zero attached hydrogens (tertiary/aromatic N) is 3. The zero-order chi connectivity index (χ0) is 23.4. The molecule has 4 rings (SSSR count). The fourth-order valence-corrected chi connectivity index (χ4v) is 3.62. The maximum atomic E-state index is 13.2. The molecule has 0 spiro atoms. The molecule has 1 aromatic heterocycles. The number of amides is 1. The second kappa shape index (κ2) is 9.48. The van der Waals surface area contributed by atoms with Gasteiger partial charge >= 0.3 is 5.69 Å². The van der Waals surface area contributed by atoms with Gasteiger partial charge in [-0.05, 0) is 37.1 Å². The van der Waals surface area contributed by atoms with Crippen molar-refractivity contribution < 1.29 is 4.79 Å². The van der Waals surface area contributed by atoms with Crippen LogP contribution in [-0.2, 0) is 6.54 Å². The zero-order valence-corrected chi connectivity index (χ0v) is 18.4. The average molecular weight is 441 g/mol. The highest BCUT2D eigenvalue weighted by Crippen LogP contribution is 2.12. The summed E-state index contributed by atoms with van der Waals surface area (Å²) in [7, 11) is 0. The minimum absolute atomic E-state index is 0.0310. The number of carbonyl (C=O) groups excluding carboxylic acids is 1. The largest absolute Gasteiger partial charge is 0.352 e. The zero-order valence-electron chi connectivity index (χ0n) is 18.4. The van der Waals surface area contributed by atoms with Crippen LogP contribution in [0, 0.1) is 6.92 Å². The molecule has 0 aliphatic heterocycles. The van der Waals surface area contributed by atoms with Crippen molar-refractivity contribution in [3.05, 3.63) is 128 Å². The Balaban J connectivity index is 1.80. The molecule has 0 bridgehead atoms. The molecule has 0 fully saturated rings. The lowest BCUT2D eigenvalue weighted by molar-refractivity contribution is 0.0930. The fourth-order valence-electron chi connectivity index (χ4n) is 3.62. The molecule has 7 nitrogen and oxygen atoms in total. The van der Waals surface area contributed by atoms with Gasteiger partial charge in [0.05, 0.1) is 18.3 Å². The number of hydrogen-bond donors (Lipinski definition) is 1. The minimum atomic E-state index is -0.730. The highest BCUT2D eigenvalue weighted by Gasteiger charge is 2.22. The minimum Gasteiger partial charge on any atom is -0.344 e. The number of carbonyl (C=O) groups is 1. The fraction of sp³-hybridized carbons (Fsp3) is 0.154. The lowest BCUT2D eigenvalue weighted by Crippen LogP contribution is -2.46. The van der Waals surface area contributed by atoms with Crippen molar-refractivity contribution in [1.29, 1.82) is 0 Å². The van der Waals surface area contributed by atoms with Crippen molar-refractivity contribution in [2.24, 2.45) is 0 Å². The third-order valence-corrected chi connectivity index (χ3v) is 5.35. The standard InChI is InChI=1S/C26H24N4O3/c1-18-10-9-11-20(16-18)17-29-25(32)23(24(31)27-19(2)21-12-5-3-6-13-21)28-30(26(29)33)22-14-7-4-8-15-22/h3-16,19H,17H2,1-2H3,(H,27,31)/t19-/m0/s1. The highest BCUT2D eigenvalue weighted by atomic mass is 16.2. The first-order valence-electron chi connectivity index (χ1n) is 10.6. The number of aryl methyl sites for hydroxylation is 1. The van der Waals surface area contributed by atoms with Crippen LogP contribution in [0.3, 0.4) is 0 Å². The summed E-state index contributed by atoms with van der Waals surface area (Å²) >= 11 is 0. The van der Waals surface area contributed by atoms with Crippen LogP contribution in [0.4, 0.5) is 0 Å². The predicted octanol–water partition coefficient (Wildman–Crippen LogP) is 3.24. The summed E-state index contributed by atoms with van der Waals surface area (Å²) in [5.41, 5.74) is 1.46. The smallest absolute Gasteiger partial charge is 0.344 e. The molecule has 0 saturated heterocycles. The van der Waals surface area contributed by atoms with E-state index in [0.717, 1.165) is 25.9 Å². The average Bonchev–Trinajstić information content (AvgIpc) is 2.83. The molecule has 1 N–H and O–H groups in total. The Labute approximate surface area is 191 Å². The number of nitrogens with one attached hydrogen (secondary N) is 1. The number of rotatable bonds is 6. The SMILES string of the molecule is Cc1cccc(Cn2c(=O)c(C(=O)N[C@@H](C)c3ccccc3)nn(-c3ccccc3)c2=O)c1. The van der Waals surface area contributed by atoms with Crippen molar-refractivity contribution in [2.45, 2.75) is 26.4 Å².